The minimum Gasteiger partial charge on any atom is -0.507 e. The zero-order valence-electron chi connectivity index (χ0n) is 37.9. The zero-order chi connectivity index (χ0) is 46.8. The van der Waals surface area contributed by atoms with Gasteiger partial charge in [-0.3, -0.25) is 24.3 Å². The van der Waals surface area contributed by atoms with Crippen LogP contribution in [-0.2, 0) is 23.8 Å². The topological polar surface area (TPSA) is 240 Å². The maximum Gasteiger partial charge on any atom is 0.312 e. The number of aliphatic hydroxyl groups is 3. The largest absolute Gasteiger partial charge is 0.507 e. The first-order chi connectivity index (χ1) is 30.3. The Hall–Kier alpha value is -5.20. The maximum absolute atomic E-state index is 14.6. The molecule has 2 fully saturated rings. The number of ketones is 1. The Balaban J connectivity index is 1.48. The molecule has 1 saturated heterocycles. The molecule has 17 nitrogen and oxygen atoms in total. The smallest absolute Gasteiger partial charge is 0.312 e. The van der Waals surface area contributed by atoms with Gasteiger partial charge in [0.15, 0.2) is 5.75 Å². The van der Waals surface area contributed by atoms with Gasteiger partial charge in [0.25, 0.3) is 11.7 Å². The number of benzene rings is 2. The van der Waals surface area contributed by atoms with Crippen molar-refractivity contribution in [3.63, 3.8) is 0 Å². The van der Waals surface area contributed by atoms with Crippen LogP contribution in [0.1, 0.15) is 88.7 Å². The molecule has 4 aliphatic heterocycles. The Morgan fingerprint density at radius 3 is 2.27 bits per heavy atom. The van der Waals surface area contributed by atoms with Gasteiger partial charge >= 0.3 is 11.8 Å². The number of esters is 1. The third kappa shape index (κ3) is 9.45. The summed E-state index contributed by atoms with van der Waals surface area (Å²) in [6, 6.07) is 0.543. The van der Waals surface area contributed by atoms with Gasteiger partial charge in [-0.15, -0.1) is 0 Å². The lowest BCUT2D eigenvalue weighted by Crippen LogP contribution is -2.48. The highest BCUT2D eigenvalue weighted by molar-refractivity contribution is 6.23. The van der Waals surface area contributed by atoms with E-state index in [0.717, 1.165) is 19.4 Å². The molecule has 0 unspecified atom stereocenters. The van der Waals surface area contributed by atoms with E-state index in [0.29, 0.717) is 19.1 Å². The van der Waals surface area contributed by atoms with Gasteiger partial charge in [0.2, 0.25) is 0 Å². The van der Waals surface area contributed by atoms with Crippen molar-refractivity contribution in [2.75, 3.05) is 45.2 Å². The number of hydrogen-bond acceptors (Lipinski definition) is 16. The van der Waals surface area contributed by atoms with Crippen LogP contribution >= 0.6 is 0 Å². The Bertz CT molecular complexity index is 2210. The van der Waals surface area contributed by atoms with Crippen LogP contribution in [0.3, 0.4) is 0 Å². The number of carbonyl (C=O) groups is 3. The molecule has 1 amide bonds. The number of Topliss-reactive ketones (excluding diaryl/α,β-unsaturated/α-hetero) is 1. The molecule has 7 N–H and O–H groups in total. The van der Waals surface area contributed by atoms with Crippen molar-refractivity contribution in [2.24, 2.45) is 28.8 Å². The summed E-state index contributed by atoms with van der Waals surface area (Å²) in [5.74, 6) is -9.30. The van der Waals surface area contributed by atoms with Crippen molar-refractivity contribution in [3.8, 4) is 23.0 Å². The van der Waals surface area contributed by atoms with Gasteiger partial charge in [-0.1, -0.05) is 51.8 Å². The van der Waals surface area contributed by atoms with Crippen LogP contribution in [-0.4, -0.2) is 141 Å². The predicted molar refractivity (Wildman–Crippen MR) is 238 cm³/mol. The number of hydrazone groups is 1. The molecule has 0 aromatic heterocycles. The first kappa shape index (κ1) is 48.3. The van der Waals surface area contributed by atoms with E-state index in [-0.39, 0.29) is 44.5 Å². The number of methoxy groups -OCH3 is 1. The fourth-order valence-electron chi connectivity index (χ4n) is 9.50. The molecule has 5 bridgehead atoms. The number of carbonyl (C=O) groups excluding carboxylic acids is 3. The second kappa shape index (κ2) is 19.9. The molecule has 2 aromatic rings. The van der Waals surface area contributed by atoms with E-state index in [1.165, 1.54) is 78.9 Å². The molecule has 2 aromatic carbocycles. The number of hydrogen-bond donors (Lipinski definition) is 7. The second-order valence-corrected chi connectivity index (χ2v) is 17.8. The lowest BCUT2D eigenvalue weighted by atomic mass is 9.78. The Morgan fingerprint density at radius 2 is 1.64 bits per heavy atom. The molecule has 0 spiro atoms. The first-order valence-electron chi connectivity index (χ1n) is 22.1. The van der Waals surface area contributed by atoms with E-state index in [9.17, 15) is 45.0 Å². The lowest BCUT2D eigenvalue weighted by Gasteiger charge is -2.38. The number of nitrogens with one attached hydrogen (secondary N) is 1. The Kier molecular flexibility index (Phi) is 15.0. The molecule has 7 rings (SSSR count). The highest BCUT2D eigenvalue weighted by Crippen LogP contribution is 2.55. The van der Waals surface area contributed by atoms with E-state index in [4.69, 9.17) is 18.9 Å². The van der Waals surface area contributed by atoms with Gasteiger partial charge in [0.05, 0.1) is 59.6 Å². The number of aliphatic hydroxyl groups excluding tert-OH is 3. The van der Waals surface area contributed by atoms with E-state index in [1.807, 2.05) is 5.01 Å². The highest BCUT2D eigenvalue weighted by Gasteiger charge is 2.50. The van der Waals surface area contributed by atoms with Crippen LogP contribution in [0.5, 0.6) is 23.0 Å². The molecular weight excluding hydrogens is 829 g/mol. The van der Waals surface area contributed by atoms with Crippen LogP contribution in [0.15, 0.2) is 41.2 Å². The fraction of sp³-hybridized carbons (Fsp3) is 0.574. The lowest BCUT2D eigenvalue weighted by molar-refractivity contribution is -0.163. The average molecular weight is 893 g/mol. The number of nitrogens with zero attached hydrogens (tertiary/aromatic N) is 3. The summed E-state index contributed by atoms with van der Waals surface area (Å²) in [6.07, 6.45) is 8.75. The summed E-state index contributed by atoms with van der Waals surface area (Å²) < 4.78 is 23.5. The number of amides is 1. The third-order valence-corrected chi connectivity index (χ3v) is 13.5. The van der Waals surface area contributed by atoms with Gasteiger partial charge in [0.1, 0.15) is 23.4 Å². The number of ether oxygens (including phenoxy) is 4. The van der Waals surface area contributed by atoms with Crippen LogP contribution in [0.25, 0.3) is 10.8 Å². The monoisotopic (exact) mass is 892 g/mol. The van der Waals surface area contributed by atoms with Crippen molar-refractivity contribution in [1.29, 1.82) is 0 Å². The standard InChI is InChI=1S/C47H64N4O13/c1-24-12-11-13-25(2)46(60)49-37-31(22-48-51-19-17-50(18-20-51)30-14-9-10-15-30)41(57)34-35(42(37)58)40(56)28(5)44-36(34)45(59)47(7,64-44)62-21-16-33(61-8)32(23-52)43(63-29(6)53)27(4)39(55)26(3)38(24)54/h11-13,16,21-22,24,26-27,30,32-33,38-39,43,52,54-58H,9-10,14-15,17-20,23H2,1-8H3,(H,49,60)/b12-11+,21-16+,25-13-,48-22+/t24-,26+,27+,32+,33-,38-,39+,43-,47-/m0/s1. The predicted octanol–water partition coefficient (Wildman–Crippen LogP) is 4.62. The molecule has 4 heterocycles. The minimum absolute atomic E-state index is 0.0323. The molecule has 1 saturated carbocycles. The SMILES string of the molecule is CO[C@H]1/C=C/O[C@@]2(C)Oc3c(C)c(O)c4c(O)c(c(/C=N/N5CCN(C6CCCC6)CC5)c(O)c4c3C2=O)NC(=O)/C(C)=C\C=C\[C@H](C)[C@H](O)[C@@H](C)[C@@H](O)[C@@H](C)[C@H](OC(C)=O)[C@@H]1CO. The average Bonchev–Trinajstić information content (AvgIpc) is 3.91. The summed E-state index contributed by atoms with van der Waals surface area (Å²) in [7, 11) is 1.35. The summed E-state index contributed by atoms with van der Waals surface area (Å²) in [5, 5.41) is 78.2. The number of rotatable bonds is 6. The second-order valence-electron chi connectivity index (χ2n) is 17.8. The summed E-state index contributed by atoms with van der Waals surface area (Å²) >= 11 is 0. The van der Waals surface area contributed by atoms with Crippen molar-refractivity contribution in [3.05, 3.63) is 52.8 Å². The molecular formula is C47H64N4O13. The quantitative estimate of drug-likeness (QED) is 0.0907. The molecule has 1 aliphatic carbocycles. The number of piperazine rings is 1. The van der Waals surface area contributed by atoms with Crippen LogP contribution < -0.4 is 10.1 Å². The van der Waals surface area contributed by atoms with Gasteiger partial charge in [-0.05, 0) is 32.8 Å². The van der Waals surface area contributed by atoms with E-state index >= 15 is 0 Å². The van der Waals surface area contributed by atoms with Crippen LogP contribution in [0.4, 0.5) is 5.69 Å². The summed E-state index contributed by atoms with van der Waals surface area (Å²) in [5.41, 5.74) is -0.424. The van der Waals surface area contributed by atoms with Crippen molar-refractivity contribution < 1.29 is 64.0 Å². The molecule has 64 heavy (non-hydrogen) atoms. The van der Waals surface area contributed by atoms with Crippen molar-refractivity contribution >= 4 is 40.3 Å². The number of anilines is 1. The van der Waals surface area contributed by atoms with Crippen molar-refractivity contribution in [2.45, 2.75) is 110 Å². The maximum atomic E-state index is 14.6. The number of fused-ring (bicyclic) bond motifs is 14. The minimum atomic E-state index is -2.11. The van der Waals surface area contributed by atoms with Crippen molar-refractivity contribution in [1.82, 2.24) is 9.91 Å². The Morgan fingerprint density at radius 1 is 0.969 bits per heavy atom. The van der Waals surface area contributed by atoms with E-state index in [1.54, 1.807) is 32.9 Å². The van der Waals surface area contributed by atoms with E-state index in [2.05, 4.69) is 15.3 Å². The number of aromatic hydroxyl groups is 3. The summed E-state index contributed by atoms with van der Waals surface area (Å²) in [6.45, 7) is 12.7. The molecule has 5 aliphatic rings. The molecule has 0 radical (unpaired) electrons. The normalized spacial score (nSPS) is 32.0. The van der Waals surface area contributed by atoms with Gasteiger partial charge in [0, 0.05) is 93.4 Å². The zero-order valence-corrected chi connectivity index (χ0v) is 37.9. The number of allylic oxidation sites excluding steroid dienone is 2. The molecule has 350 valence electrons. The molecule has 9 atom stereocenters. The van der Waals surface area contributed by atoms with Crippen LogP contribution in [0, 0.1) is 30.6 Å². The summed E-state index contributed by atoms with van der Waals surface area (Å²) in [4.78, 5) is 43.3. The first-order valence-corrected chi connectivity index (χ1v) is 22.1. The van der Waals surface area contributed by atoms with Gasteiger partial charge in [-0.2, -0.15) is 5.10 Å². The van der Waals surface area contributed by atoms with Gasteiger partial charge in [-0.25, -0.2) is 0 Å². The van der Waals surface area contributed by atoms with E-state index < -0.39 is 95.4 Å². The number of phenols is 3. The van der Waals surface area contributed by atoms with Crippen LogP contribution in [0.2, 0.25) is 0 Å². The highest BCUT2D eigenvalue weighted by atomic mass is 16.7. The fourth-order valence-corrected chi connectivity index (χ4v) is 9.50. The van der Waals surface area contributed by atoms with Gasteiger partial charge < -0.3 is 54.9 Å². The molecule has 17 heteroatoms. The number of phenolic OH excluding ortho intramolecular Hbond substituents is 3. The Labute approximate surface area is 373 Å². The third-order valence-electron chi connectivity index (χ3n) is 13.5.